The number of likely N-dealkylation sites (N-methyl/N-ethyl adjacent to an activating group) is 1. The summed E-state index contributed by atoms with van der Waals surface area (Å²) in [7, 11) is 4.30. The van der Waals surface area contributed by atoms with Crippen LogP contribution in [0.25, 0.3) is 0 Å². The predicted octanol–water partition coefficient (Wildman–Crippen LogP) is 6.04. The van der Waals surface area contributed by atoms with Crippen molar-refractivity contribution in [1.29, 1.82) is 0 Å². The quantitative estimate of drug-likeness (QED) is 0.0519. The standard InChI is InChI=1S/C32H66N2O5.CH3/c1-6-7-8-9-10-11-12-13-14-15-16-17-18-19-20-21-24-34(4,5)26-29(36)27-39-28-32(2,3)30(37)31(38)33-23-22-25-35;/h29-30,35-37H,6-28H2,1-5H3;1H3/q;-1/p+1. The summed E-state index contributed by atoms with van der Waals surface area (Å²) in [6, 6.07) is 0. The Morgan fingerprint density at radius 3 is 1.70 bits per heavy atom. The summed E-state index contributed by atoms with van der Waals surface area (Å²) >= 11 is 0. The summed E-state index contributed by atoms with van der Waals surface area (Å²) in [5.41, 5.74) is -0.777. The Morgan fingerprint density at radius 2 is 1.25 bits per heavy atom. The Bertz CT molecular complexity index is 571. The summed E-state index contributed by atoms with van der Waals surface area (Å²) in [5.74, 6) is -0.464. The van der Waals surface area contributed by atoms with Crippen molar-refractivity contribution in [3.05, 3.63) is 7.43 Å². The highest BCUT2D eigenvalue weighted by molar-refractivity contribution is 5.81. The number of rotatable bonds is 28. The van der Waals surface area contributed by atoms with Crippen molar-refractivity contribution in [2.75, 3.05) is 53.6 Å². The van der Waals surface area contributed by atoms with Gasteiger partial charge in [-0.25, -0.2) is 0 Å². The van der Waals surface area contributed by atoms with Gasteiger partial charge >= 0.3 is 0 Å². The molecule has 0 heterocycles. The normalized spacial score (nSPS) is 13.6. The predicted molar refractivity (Wildman–Crippen MR) is 169 cm³/mol. The van der Waals surface area contributed by atoms with Crippen LogP contribution >= 0.6 is 0 Å². The van der Waals surface area contributed by atoms with Gasteiger partial charge in [0.25, 0.3) is 0 Å². The Hall–Kier alpha value is -0.730. The second-order valence-corrected chi connectivity index (χ2v) is 13.1. The highest BCUT2D eigenvalue weighted by Gasteiger charge is 2.34. The molecule has 0 aliphatic rings. The van der Waals surface area contributed by atoms with Crippen LogP contribution in [0.3, 0.4) is 0 Å². The van der Waals surface area contributed by atoms with Crippen LogP contribution in [0.2, 0.25) is 0 Å². The maximum atomic E-state index is 12.1. The van der Waals surface area contributed by atoms with Crippen LogP contribution in [-0.2, 0) is 9.53 Å². The molecular weight excluding hydrogens is 504 g/mol. The van der Waals surface area contributed by atoms with Gasteiger partial charge in [0, 0.05) is 18.6 Å². The number of carbonyl (C=O) groups is 1. The highest BCUT2D eigenvalue weighted by Crippen LogP contribution is 2.22. The lowest BCUT2D eigenvalue weighted by Gasteiger charge is -2.33. The molecule has 1 amide bonds. The first-order valence-corrected chi connectivity index (χ1v) is 16.2. The van der Waals surface area contributed by atoms with E-state index in [0.717, 1.165) is 11.0 Å². The highest BCUT2D eigenvalue weighted by atomic mass is 16.5. The Kier molecular flexibility index (Phi) is 26.9. The van der Waals surface area contributed by atoms with E-state index in [4.69, 9.17) is 9.84 Å². The molecule has 2 unspecified atom stereocenters. The minimum Gasteiger partial charge on any atom is -0.396 e. The van der Waals surface area contributed by atoms with Gasteiger partial charge in [0.15, 0.2) is 0 Å². The van der Waals surface area contributed by atoms with E-state index in [9.17, 15) is 15.0 Å². The molecule has 0 aromatic carbocycles. The number of hydrogen-bond acceptors (Lipinski definition) is 5. The molecule has 7 nitrogen and oxygen atoms in total. The van der Waals surface area contributed by atoms with Crippen LogP contribution in [0.5, 0.6) is 0 Å². The molecule has 0 aliphatic heterocycles. The minimum atomic E-state index is -1.21. The van der Waals surface area contributed by atoms with Crippen molar-refractivity contribution in [2.24, 2.45) is 5.41 Å². The van der Waals surface area contributed by atoms with E-state index in [1.165, 1.54) is 103 Å². The largest absolute Gasteiger partial charge is 0.396 e. The van der Waals surface area contributed by atoms with Crippen molar-refractivity contribution in [2.45, 2.75) is 142 Å². The third kappa shape index (κ3) is 23.9. The number of aliphatic hydroxyl groups is 3. The number of hydrogen-bond donors (Lipinski definition) is 4. The molecule has 0 rings (SSSR count). The number of quaternary nitrogens is 1. The summed E-state index contributed by atoms with van der Waals surface area (Å²) < 4.78 is 6.45. The lowest BCUT2D eigenvalue weighted by molar-refractivity contribution is -0.893. The van der Waals surface area contributed by atoms with Crippen molar-refractivity contribution >= 4 is 5.91 Å². The number of amides is 1. The molecule has 0 aliphatic carbocycles. The summed E-state index contributed by atoms with van der Waals surface area (Å²) in [6.45, 7) is 8.15. The number of carbonyl (C=O) groups excluding carboxylic acids is 1. The van der Waals surface area contributed by atoms with Gasteiger partial charge in [0.05, 0.1) is 33.9 Å². The Labute approximate surface area is 249 Å². The molecule has 0 saturated carbocycles. The van der Waals surface area contributed by atoms with Crippen LogP contribution < -0.4 is 5.32 Å². The van der Waals surface area contributed by atoms with Gasteiger partial charge in [-0.15, -0.1) is 0 Å². The van der Waals surface area contributed by atoms with Gasteiger partial charge in [-0.2, -0.15) is 0 Å². The van der Waals surface area contributed by atoms with Gasteiger partial charge in [-0.1, -0.05) is 111 Å². The van der Waals surface area contributed by atoms with Crippen molar-refractivity contribution < 1.29 is 29.3 Å². The van der Waals surface area contributed by atoms with Gasteiger partial charge < -0.3 is 37.3 Å². The molecule has 242 valence electrons. The molecule has 0 spiro atoms. The smallest absolute Gasteiger partial charge is 0.249 e. The fraction of sp³-hybridized carbons (Fsp3) is 0.939. The number of aliphatic hydroxyl groups excluding tert-OH is 3. The zero-order chi connectivity index (χ0) is 29.4. The van der Waals surface area contributed by atoms with E-state index >= 15 is 0 Å². The summed E-state index contributed by atoms with van der Waals surface area (Å²) in [6.07, 6.45) is 20.5. The molecule has 2 atom stereocenters. The molecular formula is C33H70N2O5. The monoisotopic (exact) mass is 575 g/mol. The summed E-state index contributed by atoms with van der Waals surface area (Å²) in [4.78, 5) is 12.1. The maximum Gasteiger partial charge on any atom is 0.249 e. The molecule has 0 fully saturated rings. The second-order valence-electron chi connectivity index (χ2n) is 13.1. The first kappa shape index (κ1) is 41.4. The number of nitrogens with zero attached hydrogens (tertiary/aromatic N) is 1. The summed E-state index contributed by atoms with van der Waals surface area (Å²) in [5, 5.41) is 32.3. The van der Waals surface area contributed by atoms with Gasteiger partial charge in [-0.3, -0.25) is 4.79 Å². The average Bonchev–Trinajstić information content (AvgIpc) is 2.87. The van der Waals surface area contributed by atoms with Gasteiger partial charge in [0.1, 0.15) is 18.8 Å². The van der Waals surface area contributed by atoms with Crippen molar-refractivity contribution in [3.63, 3.8) is 0 Å². The third-order valence-electron chi connectivity index (χ3n) is 7.73. The first-order chi connectivity index (χ1) is 18.6. The lowest BCUT2D eigenvalue weighted by Crippen LogP contribution is -2.48. The molecule has 0 aromatic heterocycles. The van der Waals surface area contributed by atoms with Crippen LogP contribution in [0.15, 0.2) is 0 Å². The Balaban J connectivity index is 0. The van der Waals surface area contributed by atoms with Crippen molar-refractivity contribution in [1.82, 2.24) is 5.32 Å². The topological polar surface area (TPSA) is 99.0 Å². The van der Waals surface area contributed by atoms with E-state index in [2.05, 4.69) is 26.3 Å². The zero-order valence-corrected chi connectivity index (χ0v) is 27.5. The van der Waals surface area contributed by atoms with E-state index in [-0.39, 0.29) is 27.2 Å². The Morgan fingerprint density at radius 1 is 0.800 bits per heavy atom. The molecule has 0 bridgehead atoms. The molecule has 0 aromatic rings. The van der Waals surface area contributed by atoms with Crippen LogP contribution in [0, 0.1) is 12.8 Å². The third-order valence-corrected chi connectivity index (χ3v) is 7.73. The number of nitrogens with one attached hydrogen (secondary N) is 1. The molecule has 7 heteroatoms. The maximum absolute atomic E-state index is 12.1. The van der Waals surface area contributed by atoms with E-state index in [1.807, 2.05) is 0 Å². The van der Waals surface area contributed by atoms with Crippen LogP contribution in [0.4, 0.5) is 0 Å². The zero-order valence-electron chi connectivity index (χ0n) is 27.5. The number of ether oxygens (including phenoxy) is 1. The van der Waals surface area contributed by atoms with E-state index < -0.39 is 23.5 Å². The second kappa shape index (κ2) is 25.9. The number of unbranched alkanes of at least 4 members (excludes halogenated alkanes) is 15. The average molecular weight is 575 g/mol. The van der Waals surface area contributed by atoms with Gasteiger partial charge in [-0.05, 0) is 19.3 Å². The minimum absolute atomic E-state index is 0. The fourth-order valence-electron chi connectivity index (χ4n) is 5.08. The molecule has 40 heavy (non-hydrogen) atoms. The first-order valence-electron chi connectivity index (χ1n) is 16.2. The fourth-order valence-corrected chi connectivity index (χ4v) is 5.08. The van der Waals surface area contributed by atoms with E-state index in [1.54, 1.807) is 13.8 Å². The molecule has 0 radical (unpaired) electrons. The van der Waals surface area contributed by atoms with E-state index in [0.29, 0.717) is 19.5 Å². The van der Waals surface area contributed by atoms with Crippen LogP contribution in [0.1, 0.15) is 130 Å². The molecule has 4 N–H and O–H groups in total. The van der Waals surface area contributed by atoms with Crippen molar-refractivity contribution in [3.8, 4) is 0 Å². The SMILES string of the molecule is CCCCCCCCCCCCCCCCCC[N+](C)(C)CC(O)COCC(C)(C)C(O)C(=O)NCCCO.[CH3-]. The molecule has 0 saturated heterocycles. The van der Waals surface area contributed by atoms with Gasteiger partial charge in [0.2, 0.25) is 5.91 Å². The lowest BCUT2D eigenvalue weighted by atomic mass is 9.87. The van der Waals surface area contributed by atoms with Crippen LogP contribution in [-0.4, -0.2) is 91.5 Å².